The lowest BCUT2D eigenvalue weighted by Crippen LogP contribution is -2.06. The summed E-state index contributed by atoms with van der Waals surface area (Å²) < 4.78 is 5.53. The monoisotopic (exact) mass is 241 g/mol. The van der Waals surface area contributed by atoms with Gasteiger partial charge < -0.3 is 9.72 Å². The molecule has 92 valence electrons. The van der Waals surface area contributed by atoms with Crippen LogP contribution in [-0.2, 0) is 0 Å². The molecule has 2 aromatic rings. The van der Waals surface area contributed by atoms with Gasteiger partial charge in [0.2, 0.25) is 5.78 Å². The van der Waals surface area contributed by atoms with Crippen molar-refractivity contribution in [2.24, 2.45) is 0 Å². The Labute approximate surface area is 106 Å². The molecule has 3 heteroatoms. The number of aromatic nitrogens is 1. The van der Waals surface area contributed by atoms with Gasteiger partial charge >= 0.3 is 0 Å². The zero-order chi connectivity index (χ0) is 13.0. The van der Waals surface area contributed by atoms with Crippen molar-refractivity contribution in [3.63, 3.8) is 0 Å². The Morgan fingerprint density at radius 3 is 2.94 bits per heavy atom. The highest BCUT2D eigenvalue weighted by Crippen LogP contribution is 2.23. The third-order valence-electron chi connectivity index (χ3n) is 2.58. The topological polar surface area (TPSA) is 42.1 Å². The molecule has 0 fully saturated rings. The molecule has 1 heterocycles. The molecular weight excluding hydrogens is 226 g/mol. The Kier molecular flexibility index (Phi) is 3.63. The third kappa shape index (κ3) is 2.51. The maximum atomic E-state index is 12.3. The highest BCUT2D eigenvalue weighted by atomic mass is 16.5. The van der Waals surface area contributed by atoms with Crippen LogP contribution in [0.5, 0.6) is 5.75 Å². The maximum absolute atomic E-state index is 12.3. The number of hydrogen-bond donors (Lipinski definition) is 1. The number of carbonyl (C=O) groups excluding carboxylic acids is 1. The SMILES string of the molecule is C=CCOc1cc(C)ccc1C(=O)c1ccc[nH]1. The fraction of sp³-hybridized carbons (Fsp3) is 0.133. The van der Waals surface area contributed by atoms with Gasteiger partial charge in [-0.05, 0) is 36.8 Å². The summed E-state index contributed by atoms with van der Waals surface area (Å²) in [5.74, 6) is 0.522. The van der Waals surface area contributed by atoms with Gasteiger partial charge in [-0.2, -0.15) is 0 Å². The Hall–Kier alpha value is -2.29. The zero-order valence-electron chi connectivity index (χ0n) is 10.3. The predicted molar refractivity (Wildman–Crippen MR) is 71.1 cm³/mol. The van der Waals surface area contributed by atoms with Crippen LogP contribution in [0.3, 0.4) is 0 Å². The quantitative estimate of drug-likeness (QED) is 0.645. The summed E-state index contributed by atoms with van der Waals surface area (Å²) in [6.45, 7) is 5.95. The van der Waals surface area contributed by atoms with Crippen LogP contribution >= 0.6 is 0 Å². The van der Waals surface area contributed by atoms with Crippen LogP contribution in [0.15, 0.2) is 49.2 Å². The van der Waals surface area contributed by atoms with Gasteiger partial charge in [0.05, 0.1) is 11.3 Å². The van der Waals surface area contributed by atoms with Crippen molar-refractivity contribution >= 4 is 5.78 Å². The molecule has 0 saturated carbocycles. The molecule has 1 N–H and O–H groups in total. The second-order valence-electron chi connectivity index (χ2n) is 4.01. The van der Waals surface area contributed by atoms with E-state index in [1.807, 2.05) is 19.1 Å². The van der Waals surface area contributed by atoms with Gasteiger partial charge in [-0.3, -0.25) is 4.79 Å². The number of rotatable bonds is 5. The van der Waals surface area contributed by atoms with Crippen LogP contribution in [0.4, 0.5) is 0 Å². The van der Waals surface area contributed by atoms with Gasteiger partial charge in [-0.25, -0.2) is 0 Å². The van der Waals surface area contributed by atoms with Crippen molar-refractivity contribution in [3.05, 3.63) is 66.0 Å². The molecule has 0 atom stereocenters. The van der Waals surface area contributed by atoms with Crippen LogP contribution < -0.4 is 4.74 Å². The van der Waals surface area contributed by atoms with E-state index in [1.54, 1.807) is 30.5 Å². The van der Waals surface area contributed by atoms with Crippen molar-refractivity contribution in [2.45, 2.75) is 6.92 Å². The fourth-order valence-corrected chi connectivity index (χ4v) is 1.70. The Morgan fingerprint density at radius 2 is 2.28 bits per heavy atom. The molecule has 0 saturated heterocycles. The number of hydrogen-bond acceptors (Lipinski definition) is 2. The number of aromatic amines is 1. The van der Waals surface area contributed by atoms with Gasteiger partial charge in [0.1, 0.15) is 12.4 Å². The molecule has 0 radical (unpaired) electrons. The lowest BCUT2D eigenvalue weighted by molar-refractivity contribution is 0.103. The van der Waals surface area contributed by atoms with E-state index < -0.39 is 0 Å². The largest absolute Gasteiger partial charge is 0.489 e. The van der Waals surface area contributed by atoms with E-state index in [2.05, 4.69) is 11.6 Å². The first-order valence-corrected chi connectivity index (χ1v) is 5.75. The number of carbonyl (C=O) groups is 1. The summed E-state index contributed by atoms with van der Waals surface area (Å²) in [6.07, 6.45) is 3.39. The lowest BCUT2D eigenvalue weighted by Gasteiger charge is -2.09. The first kappa shape index (κ1) is 12.2. The molecule has 0 aliphatic rings. The highest BCUT2D eigenvalue weighted by molar-refractivity contribution is 6.09. The molecule has 0 spiro atoms. The predicted octanol–water partition coefficient (Wildman–Crippen LogP) is 3.12. The van der Waals surface area contributed by atoms with E-state index in [0.29, 0.717) is 23.6 Å². The smallest absolute Gasteiger partial charge is 0.212 e. The average molecular weight is 241 g/mol. The van der Waals surface area contributed by atoms with Crippen molar-refractivity contribution in [1.82, 2.24) is 4.98 Å². The summed E-state index contributed by atoms with van der Waals surface area (Å²) in [5.41, 5.74) is 2.17. The summed E-state index contributed by atoms with van der Waals surface area (Å²) in [4.78, 5) is 15.2. The minimum atomic E-state index is -0.0703. The van der Waals surface area contributed by atoms with Crippen molar-refractivity contribution < 1.29 is 9.53 Å². The van der Waals surface area contributed by atoms with E-state index in [4.69, 9.17) is 4.74 Å². The standard InChI is InChI=1S/C15H15NO2/c1-3-9-18-14-10-11(2)6-7-12(14)15(17)13-5-4-8-16-13/h3-8,10,16H,1,9H2,2H3. The number of ketones is 1. The normalized spacial score (nSPS) is 10.1. The molecule has 0 amide bonds. The van der Waals surface area contributed by atoms with Gasteiger partial charge in [0, 0.05) is 6.20 Å². The van der Waals surface area contributed by atoms with Gasteiger partial charge in [0.15, 0.2) is 0 Å². The van der Waals surface area contributed by atoms with E-state index in [1.165, 1.54) is 0 Å². The van der Waals surface area contributed by atoms with E-state index in [0.717, 1.165) is 5.56 Å². The Bertz CT molecular complexity index is 556. The molecule has 0 bridgehead atoms. The third-order valence-corrected chi connectivity index (χ3v) is 2.58. The maximum Gasteiger partial charge on any atom is 0.212 e. The van der Waals surface area contributed by atoms with Crippen LogP contribution in [0.1, 0.15) is 21.6 Å². The Morgan fingerprint density at radius 1 is 1.44 bits per heavy atom. The van der Waals surface area contributed by atoms with Crippen molar-refractivity contribution in [2.75, 3.05) is 6.61 Å². The lowest BCUT2D eigenvalue weighted by atomic mass is 10.1. The summed E-state index contributed by atoms with van der Waals surface area (Å²) in [5, 5.41) is 0. The summed E-state index contributed by atoms with van der Waals surface area (Å²) >= 11 is 0. The molecule has 3 nitrogen and oxygen atoms in total. The molecule has 0 aliphatic carbocycles. The molecular formula is C15H15NO2. The number of aryl methyl sites for hydroxylation is 1. The summed E-state index contributed by atoms with van der Waals surface area (Å²) in [7, 11) is 0. The van der Waals surface area contributed by atoms with Crippen LogP contribution in [0.2, 0.25) is 0 Å². The first-order valence-electron chi connectivity index (χ1n) is 5.75. The van der Waals surface area contributed by atoms with Crippen LogP contribution in [0.25, 0.3) is 0 Å². The average Bonchev–Trinajstić information content (AvgIpc) is 2.89. The molecule has 1 aromatic carbocycles. The van der Waals surface area contributed by atoms with E-state index >= 15 is 0 Å². The zero-order valence-corrected chi connectivity index (χ0v) is 10.3. The molecule has 1 aromatic heterocycles. The minimum Gasteiger partial charge on any atom is -0.489 e. The number of H-pyrrole nitrogens is 1. The summed E-state index contributed by atoms with van der Waals surface area (Å²) in [6, 6.07) is 9.10. The second-order valence-corrected chi connectivity index (χ2v) is 4.01. The molecule has 0 aliphatic heterocycles. The highest BCUT2D eigenvalue weighted by Gasteiger charge is 2.15. The van der Waals surface area contributed by atoms with Gasteiger partial charge in [0.25, 0.3) is 0 Å². The van der Waals surface area contributed by atoms with Crippen LogP contribution in [-0.4, -0.2) is 17.4 Å². The fourth-order valence-electron chi connectivity index (χ4n) is 1.70. The Balaban J connectivity index is 2.37. The van der Waals surface area contributed by atoms with Gasteiger partial charge in [-0.15, -0.1) is 0 Å². The first-order chi connectivity index (χ1) is 8.72. The van der Waals surface area contributed by atoms with Crippen LogP contribution in [0, 0.1) is 6.92 Å². The number of nitrogens with one attached hydrogen (secondary N) is 1. The van der Waals surface area contributed by atoms with E-state index in [9.17, 15) is 4.79 Å². The molecule has 0 unspecified atom stereocenters. The van der Waals surface area contributed by atoms with E-state index in [-0.39, 0.29) is 5.78 Å². The number of ether oxygens (including phenoxy) is 1. The number of benzene rings is 1. The minimum absolute atomic E-state index is 0.0703. The molecule has 18 heavy (non-hydrogen) atoms. The van der Waals surface area contributed by atoms with Crippen molar-refractivity contribution in [1.29, 1.82) is 0 Å². The van der Waals surface area contributed by atoms with Crippen molar-refractivity contribution in [3.8, 4) is 5.75 Å². The second kappa shape index (κ2) is 5.36. The van der Waals surface area contributed by atoms with Gasteiger partial charge in [-0.1, -0.05) is 18.7 Å². The molecule has 2 rings (SSSR count).